The van der Waals surface area contributed by atoms with Gasteiger partial charge in [0.1, 0.15) is 22.3 Å². The maximum Gasteiger partial charge on any atom is 0.143 e. The molecule has 0 N–H and O–H groups in total. The Kier molecular flexibility index (Phi) is 11.2. The largest absolute Gasteiger partial charge is 0.455 e. The van der Waals surface area contributed by atoms with Crippen molar-refractivity contribution in [2.75, 3.05) is 0 Å². The van der Waals surface area contributed by atoms with Gasteiger partial charge in [-0.15, -0.1) is 0 Å². The Morgan fingerprint density at radius 3 is 1.02 bits per heavy atom. The third-order valence-corrected chi connectivity index (χ3v) is 17.4. The van der Waals surface area contributed by atoms with Crippen molar-refractivity contribution in [3.8, 4) is 50.2 Å². The minimum absolute atomic E-state index is 0.00237. The smallest absolute Gasteiger partial charge is 0.143 e. The highest BCUT2D eigenvalue weighted by atomic mass is 16.3. The minimum atomic E-state index is -0.101. The fourth-order valence-corrected chi connectivity index (χ4v) is 12.8. The van der Waals surface area contributed by atoms with Crippen LogP contribution in [0.25, 0.3) is 137 Å². The van der Waals surface area contributed by atoms with Gasteiger partial charge in [0.25, 0.3) is 0 Å². The molecule has 0 bridgehead atoms. The van der Waals surface area contributed by atoms with Crippen LogP contribution in [0.4, 0.5) is 0 Å². The molecule has 3 nitrogen and oxygen atoms in total. The van der Waals surface area contributed by atoms with E-state index in [4.69, 9.17) is 8.83 Å². The van der Waals surface area contributed by atoms with Crippen molar-refractivity contribution >= 4 is 87.2 Å². The summed E-state index contributed by atoms with van der Waals surface area (Å²) in [5, 5.41) is 12.0. The van der Waals surface area contributed by atoms with E-state index in [9.17, 15) is 0 Å². The molecule has 3 heteroatoms. The Hall–Kier alpha value is -8.66. The predicted molar refractivity (Wildman–Crippen MR) is 347 cm³/mol. The molecule has 0 fully saturated rings. The number of aromatic nitrogens is 1. The zero-order valence-electron chi connectivity index (χ0n) is 48.8. The van der Waals surface area contributed by atoms with Crippen LogP contribution in [0.15, 0.2) is 209 Å². The number of furan rings is 2. The average molecular weight is 1050 g/mol. The number of fused-ring (bicyclic) bond motifs is 11. The van der Waals surface area contributed by atoms with Crippen molar-refractivity contribution in [2.24, 2.45) is 0 Å². The summed E-state index contributed by atoms with van der Waals surface area (Å²) in [6, 6.07) is 75.1. The van der Waals surface area contributed by atoms with E-state index >= 15 is 0 Å². The zero-order chi connectivity index (χ0) is 56.1. The minimum Gasteiger partial charge on any atom is -0.455 e. The highest BCUT2D eigenvalue weighted by Crippen LogP contribution is 2.48. The Balaban J connectivity index is 1.01. The molecular weight excluding hydrogens is 983 g/mol. The summed E-state index contributed by atoms with van der Waals surface area (Å²) in [5.41, 5.74) is 21.3. The van der Waals surface area contributed by atoms with E-state index < -0.39 is 0 Å². The maximum absolute atomic E-state index is 6.97. The Bertz CT molecular complexity index is 4610. The monoisotopic (exact) mass is 1050 g/mol. The van der Waals surface area contributed by atoms with Crippen molar-refractivity contribution < 1.29 is 8.83 Å². The molecule has 0 aliphatic carbocycles. The first-order valence-corrected chi connectivity index (χ1v) is 28.9. The van der Waals surface area contributed by atoms with Gasteiger partial charge in [-0.3, -0.25) is 0 Å². The van der Waals surface area contributed by atoms with Gasteiger partial charge in [0.2, 0.25) is 0 Å². The van der Waals surface area contributed by atoms with Crippen molar-refractivity contribution in [1.29, 1.82) is 0 Å². The normalized spacial score (nSPS) is 12.9. The van der Waals surface area contributed by atoms with Crippen molar-refractivity contribution in [3.63, 3.8) is 0 Å². The van der Waals surface area contributed by atoms with Gasteiger partial charge in [0, 0.05) is 49.1 Å². The molecule has 14 aromatic rings. The molecule has 0 spiro atoms. The van der Waals surface area contributed by atoms with E-state index in [1.165, 1.54) is 76.8 Å². The first kappa shape index (κ1) is 50.6. The molecule has 0 atom stereocenters. The van der Waals surface area contributed by atoms with Crippen molar-refractivity contribution in [2.45, 2.75) is 105 Å². The topological polar surface area (TPSA) is 31.2 Å². The van der Waals surface area contributed by atoms with E-state index in [1.54, 1.807) is 0 Å². The lowest BCUT2D eigenvalue weighted by Crippen LogP contribution is -2.11. The lowest BCUT2D eigenvalue weighted by Gasteiger charge is -2.21. The van der Waals surface area contributed by atoms with E-state index in [0.29, 0.717) is 0 Å². The average Bonchev–Trinajstić information content (AvgIpc) is 3.56. The molecule has 0 saturated carbocycles. The fourth-order valence-electron chi connectivity index (χ4n) is 12.8. The third-order valence-electron chi connectivity index (χ3n) is 17.4. The molecule has 0 amide bonds. The number of rotatable bonds is 5. The second-order valence-corrected chi connectivity index (χ2v) is 27.0. The summed E-state index contributed by atoms with van der Waals surface area (Å²) in [6.07, 6.45) is 0. The van der Waals surface area contributed by atoms with Crippen LogP contribution in [0.5, 0.6) is 0 Å². The molecule has 3 heterocycles. The molecule has 0 aliphatic heterocycles. The second kappa shape index (κ2) is 17.9. The highest BCUT2D eigenvalue weighted by molar-refractivity contribution is 6.22. The lowest BCUT2D eigenvalue weighted by molar-refractivity contribution is 0.590. The number of nitrogens with zero attached hydrogens (tertiary/aromatic N) is 1. The zero-order valence-corrected chi connectivity index (χ0v) is 48.8. The molecular formula is C78H69NO2. The quantitative estimate of drug-likeness (QED) is 0.161. The maximum atomic E-state index is 6.97. The van der Waals surface area contributed by atoms with Gasteiger partial charge in [-0.05, 0) is 184 Å². The van der Waals surface area contributed by atoms with Crippen molar-refractivity contribution in [1.82, 2.24) is 4.57 Å². The fraction of sp³-hybridized carbons (Fsp3) is 0.205. The highest BCUT2D eigenvalue weighted by Gasteiger charge is 2.27. The first-order chi connectivity index (χ1) is 38.7. The number of hydrogen-bond donors (Lipinski definition) is 0. The molecule has 0 unspecified atom stereocenters. The molecule has 0 saturated heterocycles. The van der Waals surface area contributed by atoms with Gasteiger partial charge in [0.05, 0.1) is 11.0 Å². The van der Waals surface area contributed by atoms with Gasteiger partial charge in [-0.2, -0.15) is 0 Å². The predicted octanol–water partition coefficient (Wildman–Crippen LogP) is 22.7. The van der Waals surface area contributed by atoms with Crippen LogP contribution >= 0.6 is 0 Å². The van der Waals surface area contributed by atoms with Crippen LogP contribution < -0.4 is 0 Å². The molecule has 11 aromatic carbocycles. The summed E-state index contributed by atoms with van der Waals surface area (Å²) in [6.45, 7) is 27.6. The molecule has 0 radical (unpaired) electrons. The van der Waals surface area contributed by atoms with E-state index in [-0.39, 0.29) is 21.7 Å². The third kappa shape index (κ3) is 8.30. The van der Waals surface area contributed by atoms with Gasteiger partial charge in [0.15, 0.2) is 0 Å². The van der Waals surface area contributed by atoms with Gasteiger partial charge < -0.3 is 13.4 Å². The molecule has 81 heavy (non-hydrogen) atoms. The van der Waals surface area contributed by atoms with Crippen LogP contribution in [-0.2, 0) is 21.7 Å². The van der Waals surface area contributed by atoms with Gasteiger partial charge in [-0.1, -0.05) is 198 Å². The Morgan fingerprint density at radius 2 is 0.630 bits per heavy atom. The van der Waals surface area contributed by atoms with E-state index in [2.05, 4.69) is 288 Å². The SMILES string of the molecule is CC(C)(C)c1ccc2oc3c(-c4ccc5c(c4)c4cc(-c6cc(C(C)(C)C)cc7c6oc6ccc(C(C)(C)C)cc67)ccc4n5-c4ccc(-c5c6ccccc6c(-c6ccccc6)c6ccccc56)cc4)cc(C(C)(C)C)cc3c2c1. The molecule has 3 aromatic heterocycles. The summed E-state index contributed by atoms with van der Waals surface area (Å²) < 4.78 is 16.4. The first-order valence-electron chi connectivity index (χ1n) is 28.9. The Labute approximate surface area is 475 Å². The van der Waals surface area contributed by atoms with Crippen LogP contribution in [0.3, 0.4) is 0 Å². The summed E-state index contributed by atoms with van der Waals surface area (Å²) in [5.74, 6) is 0. The number of hydrogen-bond acceptors (Lipinski definition) is 2. The summed E-state index contributed by atoms with van der Waals surface area (Å²) in [7, 11) is 0. The van der Waals surface area contributed by atoms with E-state index in [0.717, 1.165) is 82.9 Å². The summed E-state index contributed by atoms with van der Waals surface area (Å²) >= 11 is 0. The van der Waals surface area contributed by atoms with Crippen LogP contribution in [-0.4, -0.2) is 4.57 Å². The van der Waals surface area contributed by atoms with E-state index in [1.807, 2.05) is 0 Å². The van der Waals surface area contributed by atoms with Crippen molar-refractivity contribution in [3.05, 3.63) is 222 Å². The van der Waals surface area contributed by atoms with Gasteiger partial charge in [-0.25, -0.2) is 0 Å². The standard InChI is InChI=1S/C78H69NO2/c1-75(2,3)50-30-36-69-63(40-50)65-44-52(77(7,8)9)42-59(73(65)80-69)48-28-34-67-61(38-48)62-39-49(60-43-53(78(10,11)12)45-66-64-41-51(76(4,5)6)31-37-70(64)81-74(60)66)29-35-68(62)79(67)54-32-26-47(27-33-54)72-57-24-18-16-22-55(57)71(46-20-14-13-15-21-46)56-23-17-19-25-58(56)72/h13-45H,1-12H3. The molecule has 0 aliphatic rings. The number of benzene rings is 11. The van der Waals surface area contributed by atoms with Crippen LogP contribution in [0.2, 0.25) is 0 Å². The van der Waals surface area contributed by atoms with Gasteiger partial charge >= 0.3 is 0 Å². The second-order valence-electron chi connectivity index (χ2n) is 27.0. The Morgan fingerprint density at radius 1 is 0.272 bits per heavy atom. The lowest BCUT2D eigenvalue weighted by atomic mass is 9.83. The summed E-state index contributed by atoms with van der Waals surface area (Å²) in [4.78, 5) is 0. The molecule has 14 rings (SSSR count). The van der Waals surface area contributed by atoms with Crippen LogP contribution in [0, 0.1) is 0 Å². The van der Waals surface area contributed by atoms with Crippen LogP contribution in [0.1, 0.15) is 105 Å². The molecule has 398 valence electrons.